The van der Waals surface area contributed by atoms with Crippen LogP contribution in [-0.2, 0) is 5.41 Å². The predicted octanol–water partition coefficient (Wildman–Crippen LogP) is 11.3. The number of nitrogens with zero attached hydrogens (tertiary/aromatic N) is 2. The first kappa shape index (κ1) is 29.2. The zero-order chi connectivity index (χ0) is 31.3. The van der Waals surface area contributed by atoms with Gasteiger partial charge in [-0.25, -0.2) is 0 Å². The molecule has 4 heteroatoms. The van der Waals surface area contributed by atoms with E-state index < -0.39 is 0 Å². The third kappa shape index (κ3) is 5.82. The number of phenolic OH excluding ortho intramolecular Hbond substituents is 2. The monoisotopic (exact) mass is 602 g/mol. The minimum absolute atomic E-state index is 0.0690. The SMILES string of the molecule is Oc1cccc(N(c2ccccc2)c2ccc(C3(c4ccc(N(c5ccccc5)c5cccc(O)c5)cc4)CCCCC3)cc2)c1. The molecule has 0 amide bonds. The van der Waals surface area contributed by atoms with E-state index in [1.54, 1.807) is 24.3 Å². The second kappa shape index (κ2) is 12.9. The standard InChI is InChI=1S/C42H38N2O2/c45-40-18-10-16-38(30-40)43(34-12-4-1-5-13-34)36-24-20-32(21-25-36)42(28-8-3-9-29-42)33-22-26-37(27-23-33)44(35-14-6-2-7-15-35)39-17-11-19-41(46)31-39/h1-2,4-7,10-27,30-31,45-46H,3,8-9,28-29H2. The molecule has 0 saturated heterocycles. The van der Waals surface area contributed by atoms with Gasteiger partial charge in [0.25, 0.3) is 0 Å². The van der Waals surface area contributed by atoms with E-state index >= 15 is 0 Å². The lowest BCUT2D eigenvalue weighted by atomic mass is 9.65. The molecule has 0 radical (unpaired) electrons. The Hall–Kier alpha value is -5.48. The molecule has 0 atom stereocenters. The zero-order valence-corrected chi connectivity index (χ0v) is 25.8. The van der Waals surface area contributed by atoms with Crippen molar-refractivity contribution in [1.29, 1.82) is 0 Å². The Kier molecular flexibility index (Phi) is 8.18. The van der Waals surface area contributed by atoms with Crippen molar-refractivity contribution >= 4 is 34.1 Å². The van der Waals surface area contributed by atoms with Crippen molar-refractivity contribution in [1.82, 2.24) is 0 Å². The van der Waals surface area contributed by atoms with Gasteiger partial charge >= 0.3 is 0 Å². The van der Waals surface area contributed by atoms with Crippen LogP contribution in [0.3, 0.4) is 0 Å². The van der Waals surface area contributed by atoms with Gasteiger partial charge in [-0.1, -0.05) is 92.1 Å². The first-order chi connectivity index (χ1) is 22.6. The molecule has 0 bridgehead atoms. The van der Waals surface area contributed by atoms with Gasteiger partial charge in [0, 0.05) is 51.7 Å². The summed E-state index contributed by atoms with van der Waals surface area (Å²) in [5.74, 6) is 0.490. The maximum Gasteiger partial charge on any atom is 0.117 e. The second-order valence-corrected chi connectivity index (χ2v) is 12.1. The minimum atomic E-state index is -0.0690. The Morgan fingerprint density at radius 3 is 1.13 bits per heavy atom. The molecule has 0 heterocycles. The van der Waals surface area contributed by atoms with Crippen LogP contribution in [0.1, 0.15) is 43.2 Å². The van der Waals surface area contributed by atoms with Crippen molar-refractivity contribution in [2.24, 2.45) is 0 Å². The Bertz CT molecular complexity index is 1750. The first-order valence-electron chi connectivity index (χ1n) is 16.1. The van der Waals surface area contributed by atoms with Crippen LogP contribution in [0, 0.1) is 0 Å². The lowest BCUT2D eigenvalue weighted by Gasteiger charge is -2.39. The quantitative estimate of drug-likeness (QED) is 0.182. The van der Waals surface area contributed by atoms with Crippen LogP contribution in [0.4, 0.5) is 34.1 Å². The molecule has 228 valence electrons. The maximum atomic E-state index is 10.3. The van der Waals surface area contributed by atoms with E-state index in [1.807, 2.05) is 60.7 Å². The molecule has 4 nitrogen and oxygen atoms in total. The van der Waals surface area contributed by atoms with Gasteiger partial charge in [-0.3, -0.25) is 0 Å². The van der Waals surface area contributed by atoms with Gasteiger partial charge in [0.1, 0.15) is 11.5 Å². The summed E-state index contributed by atoms with van der Waals surface area (Å²) in [5.41, 5.74) is 8.60. The Balaban J connectivity index is 1.26. The summed E-state index contributed by atoms with van der Waals surface area (Å²) in [5, 5.41) is 20.6. The van der Waals surface area contributed by atoms with Gasteiger partial charge in [-0.05, 0) is 96.8 Å². The highest BCUT2D eigenvalue weighted by atomic mass is 16.3. The largest absolute Gasteiger partial charge is 0.508 e. The van der Waals surface area contributed by atoms with E-state index in [4.69, 9.17) is 0 Å². The lowest BCUT2D eigenvalue weighted by molar-refractivity contribution is 0.346. The molecular formula is C42H38N2O2. The molecule has 0 aliphatic heterocycles. The van der Waals surface area contributed by atoms with Gasteiger partial charge in [0.15, 0.2) is 0 Å². The number of para-hydroxylation sites is 2. The first-order valence-corrected chi connectivity index (χ1v) is 16.1. The molecule has 1 aliphatic carbocycles. The Morgan fingerprint density at radius 1 is 0.370 bits per heavy atom. The predicted molar refractivity (Wildman–Crippen MR) is 189 cm³/mol. The number of aromatic hydroxyl groups is 2. The van der Waals surface area contributed by atoms with E-state index in [9.17, 15) is 10.2 Å². The summed E-state index contributed by atoms with van der Waals surface area (Å²) in [6, 6.07) is 53.5. The Morgan fingerprint density at radius 2 is 0.739 bits per heavy atom. The molecular weight excluding hydrogens is 564 g/mol. The lowest BCUT2D eigenvalue weighted by Crippen LogP contribution is -2.30. The van der Waals surface area contributed by atoms with Crippen LogP contribution < -0.4 is 9.80 Å². The fourth-order valence-electron chi connectivity index (χ4n) is 7.07. The highest BCUT2D eigenvalue weighted by Gasteiger charge is 2.36. The average Bonchev–Trinajstić information content (AvgIpc) is 3.11. The van der Waals surface area contributed by atoms with Crippen molar-refractivity contribution in [3.63, 3.8) is 0 Å². The van der Waals surface area contributed by atoms with Gasteiger partial charge in [-0.2, -0.15) is 0 Å². The Labute approximate surface area is 271 Å². The van der Waals surface area contributed by atoms with E-state index in [0.29, 0.717) is 0 Å². The summed E-state index contributed by atoms with van der Waals surface area (Å²) in [4.78, 5) is 4.37. The molecule has 2 N–H and O–H groups in total. The van der Waals surface area contributed by atoms with Gasteiger partial charge in [-0.15, -0.1) is 0 Å². The average molecular weight is 603 g/mol. The fourth-order valence-corrected chi connectivity index (χ4v) is 7.07. The summed E-state index contributed by atoms with van der Waals surface area (Å²) in [7, 11) is 0. The number of anilines is 6. The number of rotatable bonds is 8. The van der Waals surface area contributed by atoms with Gasteiger partial charge < -0.3 is 20.0 Å². The summed E-state index contributed by atoms with van der Waals surface area (Å²) in [6.07, 6.45) is 5.87. The van der Waals surface area contributed by atoms with Gasteiger partial charge in [0.05, 0.1) is 0 Å². The third-order valence-corrected chi connectivity index (χ3v) is 9.27. The van der Waals surface area contributed by atoms with Crippen LogP contribution in [0.25, 0.3) is 0 Å². The van der Waals surface area contributed by atoms with Crippen molar-refractivity contribution in [3.05, 3.63) is 169 Å². The highest BCUT2D eigenvalue weighted by molar-refractivity contribution is 5.78. The molecule has 1 aliphatic rings. The van der Waals surface area contributed by atoms with Crippen molar-refractivity contribution in [2.45, 2.75) is 37.5 Å². The molecule has 6 aromatic rings. The van der Waals surface area contributed by atoms with Crippen molar-refractivity contribution in [2.75, 3.05) is 9.80 Å². The van der Waals surface area contributed by atoms with E-state index in [-0.39, 0.29) is 16.9 Å². The molecule has 1 fully saturated rings. The second-order valence-electron chi connectivity index (χ2n) is 12.1. The molecule has 46 heavy (non-hydrogen) atoms. The molecule has 0 aromatic heterocycles. The topological polar surface area (TPSA) is 46.9 Å². The van der Waals surface area contributed by atoms with E-state index in [1.165, 1.54) is 30.4 Å². The van der Waals surface area contributed by atoms with Crippen LogP contribution in [0.2, 0.25) is 0 Å². The molecule has 0 spiro atoms. The van der Waals surface area contributed by atoms with Crippen molar-refractivity contribution < 1.29 is 10.2 Å². The summed E-state index contributed by atoms with van der Waals surface area (Å²) < 4.78 is 0. The fraction of sp³-hybridized carbons (Fsp3) is 0.143. The maximum absolute atomic E-state index is 10.3. The number of benzene rings is 6. The third-order valence-electron chi connectivity index (χ3n) is 9.27. The highest BCUT2D eigenvalue weighted by Crippen LogP contribution is 2.47. The van der Waals surface area contributed by atoms with Crippen LogP contribution >= 0.6 is 0 Å². The normalized spacial score (nSPS) is 14.0. The molecule has 0 unspecified atom stereocenters. The van der Waals surface area contributed by atoms with Crippen LogP contribution in [0.5, 0.6) is 11.5 Å². The minimum Gasteiger partial charge on any atom is -0.508 e. The van der Waals surface area contributed by atoms with Crippen LogP contribution in [-0.4, -0.2) is 10.2 Å². The molecule has 7 rings (SSSR count). The van der Waals surface area contributed by atoms with Crippen molar-refractivity contribution in [3.8, 4) is 11.5 Å². The zero-order valence-electron chi connectivity index (χ0n) is 25.8. The number of hydrogen-bond donors (Lipinski definition) is 2. The van der Waals surface area contributed by atoms with E-state index in [2.05, 4.69) is 82.6 Å². The van der Waals surface area contributed by atoms with Gasteiger partial charge in [0.2, 0.25) is 0 Å². The number of phenols is 2. The summed E-state index contributed by atoms with van der Waals surface area (Å²) in [6.45, 7) is 0. The molecule has 1 saturated carbocycles. The smallest absolute Gasteiger partial charge is 0.117 e. The van der Waals surface area contributed by atoms with E-state index in [0.717, 1.165) is 47.0 Å². The number of hydrogen-bond acceptors (Lipinski definition) is 4. The summed E-state index contributed by atoms with van der Waals surface area (Å²) >= 11 is 0. The molecule has 6 aromatic carbocycles. The van der Waals surface area contributed by atoms with Crippen LogP contribution in [0.15, 0.2) is 158 Å².